The first-order chi connectivity index (χ1) is 15.8. The smallest absolute Gasteiger partial charge is 0.315 e. The molecule has 1 amide bonds. The molecule has 0 heterocycles. The zero-order valence-electron chi connectivity index (χ0n) is 19.0. The van der Waals surface area contributed by atoms with Crippen molar-refractivity contribution in [2.75, 3.05) is 26.6 Å². The summed E-state index contributed by atoms with van der Waals surface area (Å²) >= 11 is 0. The highest BCUT2D eigenvalue weighted by Crippen LogP contribution is 2.42. The quantitative estimate of drug-likeness (QED) is 0.450. The van der Waals surface area contributed by atoms with Crippen molar-refractivity contribution in [3.05, 3.63) is 47.0 Å². The highest BCUT2D eigenvalue weighted by atomic mass is 16.5. The molecule has 0 saturated heterocycles. The SMILES string of the molecule is COc1cc(C(C(=O)O)c2ccc(C(N)=O)c(NC3CCC(O)CC3)c2)cc(OC)c1OC. The Balaban J connectivity index is 2.05. The number of nitrogens with one attached hydrogen (secondary N) is 1. The fourth-order valence-electron chi connectivity index (χ4n) is 4.26. The largest absolute Gasteiger partial charge is 0.493 e. The normalized spacial score (nSPS) is 18.8. The van der Waals surface area contributed by atoms with Crippen molar-refractivity contribution in [3.8, 4) is 17.2 Å². The summed E-state index contributed by atoms with van der Waals surface area (Å²) < 4.78 is 16.1. The van der Waals surface area contributed by atoms with Gasteiger partial charge in [0.15, 0.2) is 11.5 Å². The number of ether oxygens (including phenoxy) is 3. The van der Waals surface area contributed by atoms with E-state index >= 15 is 0 Å². The van der Waals surface area contributed by atoms with Gasteiger partial charge in [0.05, 0.1) is 33.0 Å². The van der Waals surface area contributed by atoms with E-state index in [4.69, 9.17) is 19.9 Å². The fraction of sp³-hybridized carbons (Fsp3) is 0.417. The molecule has 2 aromatic rings. The van der Waals surface area contributed by atoms with E-state index in [0.717, 1.165) is 12.8 Å². The average molecular weight is 459 g/mol. The highest BCUT2D eigenvalue weighted by molar-refractivity contribution is 5.99. The molecule has 1 saturated carbocycles. The second-order valence-corrected chi connectivity index (χ2v) is 8.05. The number of methoxy groups -OCH3 is 3. The van der Waals surface area contributed by atoms with E-state index in [9.17, 15) is 19.8 Å². The fourth-order valence-corrected chi connectivity index (χ4v) is 4.26. The van der Waals surface area contributed by atoms with Gasteiger partial charge >= 0.3 is 5.97 Å². The number of aliphatic hydroxyl groups excluding tert-OH is 1. The van der Waals surface area contributed by atoms with E-state index in [1.165, 1.54) is 27.4 Å². The van der Waals surface area contributed by atoms with Gasteiger partial charge < -0.3 is 35.5 Å². The van der Waals surface area contributed by atoms with Crippen molar-refractivity contribution in [3.63, 3.8) is 0 Å². The van der Waals surface area contributed by atoms with E-state index in [0.29, 0.717) is 46.9 Å². The number of carbonyl (C=O) groups excluding carboxylic acids is 1. The molecule has 5 N–H and O–H groups in total. The second kappa shape index (κ2) is 10.4. The number of nitrogens with two attached hydrogens (primary N) is 1. The van der Waals surface area contributed by atoms with Gasteiger partial charge in [0.1, 0.15) is 5.92 Å². The summed E-state index contributed by atoms with van der Waals surface area (Å²) in [6.07, 6.45) is 2.47. The molecule has 0 aliphatic heterocycles. The van der Waals surface area contributed by atoms with Crippen LogP contribution in [0.4, 0.5) is 5.69 Å². The minimum atomic E-state index is -1.08. The minimum Gasteiger partial charge on any atom is -0.493 e. The van der Waals surface area contributed by atoms with Crippen LogP contribution in [0.3, 0.4) is 0 Å². The third kappa shape index (κ3) is 5.31. The molecule has 1 fully saturated rings. The van der Waals surface area contributed by atoms with Crippen LogP contribution in [0.25, 0.3) is 0 Å². The van der Waals surface area contributed by atoms with Crippen LogP contribution in [-0.4, -0.2) is 55.6 Å². The topological polar surface area (TPSA) is 140 Å². The molecule has 178 valence electrons. The van der Waals surface area contributed by atoms with Gasteiger partial charge in [0.25, 0.3) is 5.91 Å². The Bertz CT molecular complexity index is 991. The van der Waals surface area contributed by atoms with Gasteiger partial charge in [-0.15, -0.1) is 0 Å². The third-order valence-electron chi connectivity index (χ3n) is 5.97. The molecule has 33 heavy (non-hydrogen) atoms. The second-order valence-electron chi connectivity index (χ2n) is 8.05. The number of carbonyl (C=O) groups is 2. The number of carboxylic acid groups (broad SMARTS) is 1. The van der Waals surface area contributed by atoms with Crippen molar-refractivity contribution in [2.45, 2.75) is 43.7 Å². The van der Waals surface area contributed by atoms with E-state index in [1.54, 1.807) is 24.3 Å². The predicted octanol–water partition coefficient (Wildman–Crippen LogP) is 2.74. The van der Waals surface area contributed by atoms with Gasteiger partial charge in [-0.1, -0.05) is 6.07 Å². The molecule has 9 heteroatoms. The van der Waals surface area contributed by atoms with Gasteiger partial charge in [0.2, 0.25) is 5.75 Å². The van der Waals surface area contributed by atoms with Crippen molar-refractivity contribution < 1.29 is 34.0 Å². The molecule has 3 rings (SSSR count). The number of hydrogen-bond acceptors (Lipinski definition) is 7. The van der Waals surface area contributed by atoms with Crippen LogP contribution < -0.4 is 25.3 Å². The third-order valence-corrected chi connectivity index (χ3v) is 5.97. The minimum absolute atomic E-state index is 0.0474. The Kier molecular flexibility index (Phi) is 7.65. The molecule has 9 nitrogen and oxygen atoms in total. The van der Waals surface area contributed by atoms with Crippen molar-refractivity contribution in [1.29, 1.82) is 0 Å². The standard InChI is InChI=1S/C24H30N2O7/c1-31-19-11-14(12-20(32-2)22(19)33-3)21(24(29)30)13-4-9-17(23(25)28)18(10-13)26-15-5-7-16(27)8-6-15/h4,9-12,15-16,21,26-27H,5-8H2,1-3H3,(H2,25,28)(H,29,30). The summed E-state index contributed by atoms with van der Waals surface area (Å²) in [5, 5.41) is 23.2. The van der Waals surface area contributed by atoms with Crippen LogP contribution in [0.1, 0.15) is 53.1 Å². The lowest BCUT2D eigenvalue weighted by molar-refractivity contribution is -0.137. The molecule has 1 atom stereocenters. The van der Waals surface area contributed by atoms with E-state index < -0.39 is 17.8 Å². The summed E-state index contributed by atoms with van der Waals surface area (Å²) in [6.45, 7) is 0. The van der Waals surface area contributed by atoms with Crippen LogP contribution >= 0.6 is 0 Å². The Morgan fingerprint density at radius 2 is 1.58 bits per heavy atom. The van der Waals surface area contributed by atoms with Gasteiger partial charge in [-0.05, 0) is 61.1 Å². The van der Waals surface area contributed by atoms with Crippen LogP contribution in [0, 0.1) is 0 Å². The van der Waals surface area contributed by atoms with Gasteiger partial charge in [-0.25, -0.2) is 0 Å². The molecule has 0 bridgehead atoms. The molecule has 0 aromatic heterocycles. The molecule has 1 aliphatic rings. The van der Waals surface area contributed by atoms with Crippen LogP contribution in [0.5, 0.6) is 17.2 Å². The van der Waals surface area contributed by atoms with Crippen molar-refractivity contribution >= 4 is 17.6 Å². The monoisotopic (exact) mass is 458 g/mol. The molecule has 2 aromatic carbocycles. The van der Waals surface area contributed by atoms with Gasteiger partial charge in [-0.2, -0.15) is 0 Å². The van der Waals surface area contributed by atoms with Gasteiger partial charge in [0, 0.05) is 11.7 Å². The molecular weight excluding hydrogens is 428 g/mol. The number of rotatable bonds is 9. The lowest BCUT2D eigenvalue weighted by Gasteiger charge is -2.28. The highest BCUT2D eigenvalue weighted by Gasteiger charge is 2.28. The van der Waals surface area contributed by atoms with Crippen LogP contribution in [-0.2, 0) is 4.79 Å². The Morgan fingerprint density at radius 3 is 2.06 bits per heavy atom. The zero-order chi connectivity index (χ0) is 24.1. The number of anilines is 1. The lowest BCUT2D eigenvalue weighted by Crippen LogP contribution is -2.29. The number of aliphatic hydroxyl groups is 1. The summed E-state index contributed by atoms with van der Waals surface area (Å²) in [7, 11) is 4.39. The molecular formula is C24H30N2O7. The van der Waals surface area contributed by atoms with Crippen molar-refractivity contribution in [1.82, 2.24) is 0 Å². The summed E-state index contributed by atoms with van der Waals surface area (Å²) in [6, 6.07) is 8.00. The first kappa shape index (κ1) is 24.2. The number of aliphatic carboxylic acids is 1. The summed E-state index contributed by atoms with van der Waals surface area (Å²) in [5.74, 6) is -1.72. The number of benzene rings is 2. The number of primary amides is 1. The first-order valence-corrected chi connectivity index (χ1v) is 10.7. The number of hydrogen-bond donors (Lipinski definition) is 4. The van der Waals surface area contributed by atoms with E-state index in [2.05, 4.69) is 5.32 Å². The molecule has 1 aliphatic carbocycles. The maximum absolute atomic E-state index is 12.4. The average Bonchev–Trinajstić information content (AvgIpc) is 2.79. The maximum atomic E-state index is 12.4. The lowest BCUT2D eigenvalue weighted by atomic mass is 9.89. The van der Waals surface area contributed by atoms with E-state index in [1.807, 2.05) is 0 Å². The number of amides is 1. The summed E-state index contributed by atoms with van der Waals surface area (Å²) in [5.41, 5.74) is 7.20. The molecule has 0 radical (unpaired) electrons. The number of carboxylic acids is 1. The Morgan fingerprint density at radius 1 is 0.970 bits per heavy atom. The first-order valence-electron chi connectivity index (χ1n) is 10.7. The molecule has 0 spiro atoms. The van der Waals surface area contributed by atoms with Crippen LogP contribution in [0.15, 0.2) is 30.3 Å². The molecule has 1 unspecified atom stereocenters. The Labute approximate surface area is 192 Å². The van der Waals surface area contributed by atoms with Gasteiger partial charge in [-0.3, -0.25) is 9.59 Å². The maximum Gasteiger partial charge on any atom is 0.315 e. The zero-order valence-corrected chi connectivity index (χ0v) is 19.0. The Hall–Kier alpha value is -3.46. The van der Waals surface area contributed by atoms with Crippen molar-refractivity contribution in [2.24, 2.45) is 5.73 Å². The summed E-state index contributed by atoms with van der Waals surface area (Å²) in [4.78, 5) is 24.4. The van der Waals surface area contributed by atoms with E-state index in [-0.39, 0.29) is 17.7 Å². The predicted molar refractivity (Wildman–Crippen MR) is 122 cm³/mol. The van der Waals surface area contributed by atoms with Crippen LogP contribution in [0.2, 0.25) is 0 Å².